The lowest BCUT2D eigenvalue weighted by atomic mass is 9.97. The van der Waals surface area contributed by atoms with Gasteiger partial charge in [-0.3, -0.25) is 4.79 Å². The van der Waals surface area contributed by atoms with E-state index in [1.165, 1.54) is 7.11 Å². The number of alkyl carbamates (subject to hydrolysis) is 1. The molecule has 0 heterocycles. The third kappa shape index (κ3) is 3.85. The van der Waals surface area contributed by atoms with E-state index in [9.17, 15) is 9.59 Å². The Morgan fingerprint density at radius 1 is 1.37 bits per heavy atom. The number of carbonyl (C=O) groups is 2. The van der Waals surface area contributed by atoms with Gasteiger partial charge < -0.3 is 14.8 Å². The van der Waals surface area contributed by atoms with Crippen LogP contribution in [0.5, 0.6) is 0 Å². The third-order valence-corrected chi connectivity index (χ3v) is 3.48. The van der Waals surface area contributed by atoms with Gasteiger partial charge >= 0.3 is 12.1 Å². The third-order valence-electron chi connectivity index (χ3n) is 3.48. The molecule has 0 aromatic heterocycles. The molecule has 0 aliphatic heterocycles. The standard InChI is InChI=1S/C14H25NO4/c1-9(2)10-7-14(10,11(16)18-6)8-15-12(17)19-13(3,4)5/h9-10H,7-8H2,1-6H3,(H,15,17)/t10-,14-/m1/s1. The average Bonchev–Trinajstić information content (AvgIpc) is 2.99. The van der Waals surface area contributed by atoms with Crippen LogP contribution in [0.1, 0.15) is 41.0 Å². The number of rotatable bonds is 4. The minimum Gasteiger partial charge on any atom is -0.469 e. The van der Waals surface area contributed by atoms with E-state index in [1.807, 2.05) is 0 Å². The summed E-state index contributed by atoms with van der Waals surface area (Å²) in [5, 5.41) is 2.68. The van der Waals surface area contributed by atoms with Gasteiger partial charge in [0.2, 0.25) is 0 Å². The molecule has 5 nitrogen and oxygen atoms in total. The number of hydrogen-bond donors (Lipinski definition) is 1. The highest BCUT2D eigenvalue weighted by atomic mass is 16.6. The van der Waals surface area contributed by atoms with Gasteiger partial charge in [0.15, 0.2) is 0 Å². The van der Waals surface area contributed by atoms with E-state index in [4.69, 9.17) is 9.47 Å². The second-order valence-corrected chi connectivity index (χ2v) is 6.56. The summed E-state index contributed by atoms with van der Waals surface area (Å²) in [7, 11) is 1.38. The van der Waals surface area contributed by atoms with E-state index in [0.29, 0.717) is 5.92 Å². The maximum atomic E-state index is 11.9. The van der Waals surface area contributed by atoms with Crippen molar-refractivity contribution >= 4 is 12.1 Å². The molecule has 0 saturated heterocycles. The van der Waals surface area contributed by atoms with E-state index < -0.39 is 17.1 Å². The summed E-state index contributed by atoms with van der Waals surface area (Å²) in [6, 6.07) is 0. The number of carbonyl (C=O) groups excluding carboxylic acids is 2. The number of ether oxygens (including phenoxy) is 2. The molecule has 0 radical (unpaired) electrons. The molecule has 0 aromatic carbocycles. The highest BCUT2D eigenvalue weighted by Crippen LogP contribution is 2.56. The van der Waals surface area contributed by atoms with Crippen LogP contribution in [0.25, 0.3) is 0 Å². The van der Waals surface area contributed by atoms with E-state index in [0.717, 1.165) is 6.42 Å². The molecule has 1 amide bonds. The van der Waals surface area contributed by atoms with Crippen molar-refractivity contribution in [3.63, 3.8) is 0 Å². The Balaban J connectivity index is 2.58. The monoisotopic (exact) mass is 271 g/mol. The number of amides is 1. The van der Waals surface area contributed by atoms with Crippen LogP contribution >= 0.6 is 0 Å². The Kier molecular flexibility index (Phi) is 4.48. The molecule has 0 spiro atoms. The van der Waals surface area contributed by atoms with Crippen LogP contribution < -0.4 is 5.32 Å². The van der Waals surface area contributed by atoms with Gasteiger partial charge in [-0.25, -0.2) is 4.79 Å². The Morgan fingerprint density at radius 3 is 2.32 bits per heavy atom. The van der Waals surface area contributed by atoms with Gasteiger partial charge in [0.05, 0.1) is 12.5 Å². The van der Waals surface area contributed by atoms with Crippen molar-refractivity contribution < 1.29 is 19.1 Å². The normalized spacial score (nSPS) is 25.9. The summed E-state index contributed by atoms with van der Waals surface area (Å²) in [4.78, 5) is 23.5. The Bertz CT molecular complexity index is 359. The molecule has 0 aromatic rings. The largest absolute Gasteiger partial charge is 0.469 e. The van der Waals surface area contributed by atoms with Crippen LogP contribution in [-0.2, 0) is 14.3 Å². The quantitative estimate of drug-likeness (QED) is 0.797. The SMILES string of the molecule is COC(=O)[C@@]1(CNC(=O)OC(C)(C)C)C[C@@H]1C(C)C. The molecule has 1 saturated carbocycles. The van der Waals surface area contributed by atoms with Crippen molar-refractivity contribution in [1.29, 1.82) is 0 Å². The molecule has 110 valence electrons. The maximum Gasteiger partial charge on any atom is 0.407 e. The second kappa shape index (κ2) is 5.39. The molecule has 0 bridgehead atoms. The zero-order valence-corrected chi connectivity index (χ0v) is 12.7. The predicted octanol–water partition coefficient (Wildman–Crippen LogP) is 2.35. The minimum absolute atomic E-state index is 0.248. The summed E-state index contributed by atoms with van der Waals surface area (Å²) in [5.74, 6) is 0.400. The van der Waals surface area contributed by atoms with Crippen LogP contribution in [0, 0.1) is 17.3 Å². The molecular weight excluding hydrogens is 246 g/mol. The van der Waals surface area contributed by atoms with Gasteiger partial charge in [-0.15, -0.1) is 0 Å². The topological polar surface area (TPSA) is 64.6 Å². The highest BCUT2D eigenvalue weighted by molar-refractivity contribution is 5.82. The molecule has 1 fully saturated rings. The Morgan fingerprint density at radius 2 is 1.95 bits per heavy atom. The molecule has 1 aliphatic carbocycles. The molecule has 2 atom stereocenters. The summed E-state index contributed by atoms with van der Waals surface area (Å²) in [5.41, 5.74) is -1.11. The van der Waals surface area contributed by atoms with Crippen LogP contribution in [0.15, 0.2) is 0 Å². The van der Waals surface area contributed by atoms with E-state index in [1.54, 1.807) is 20.8 Å². The van der Waals surface area contributed by atoms with Crippen molar-refractivity contribution in [2.24, 2.45) is 17.3 Å². The number of nitrogens with one attached hydrogen (secondary N) is 1. The van der Waals surface area contributed by atoms with E-state index >= 15 is 0 Å². The van der Waals surface area contributed by atoms with Gasteiger partial charge in [0.25, 0.3) is 0 Å². The van der Waals surface area contributed by atoms with Crippen LogP contribution in [0.2, 0.25) is 0 Å². The average molecular weight is 271 g/mol. The van der Waals surface area contributed by atoms with Gasteiger partial charge in [-0.05, 0) is 39.0 Å². The fourth-order valence-electron chi connectivity index (χ4n) is 2.46. The van der Waals surface area contributed by atoms with Crippen molar-refractivity contribution in [1.82, 2.24) is 5.32 Å². The van der Waals surface area contributed by atoms with Crippen LogP contribution in [0.3, 0.4) is 0 Å². The summed E-state index contributed by atoms with van der Waals surface area (Å²) in [6.07, 6.45) is 0.262. The zero-order chi connectivity index (χ0) is 14.8. The van der Waals surface area contributed by atoms with Crippen molar-refractivity contribution in [2.45, 2.75) is 46.6 Å². The first kappa shape index (κ1) is 15.8. The molecule has 5 heteroatoms. The number of methoxy groups -OCH3 is 1. The van der Waals surface area contributed by atoms with E-state index in [-0.39, 0.29) is 18.4 Å². The lowest BCUT2D eigenvalue weighted by Crippen LogP contribution is -2.39. The molecular formula is C14H25NO4. The first-order valence-corrected chi connectivity index (χ1v) is 6.67. The summed E-state index contributed by atoms with van der Waals surface area (Å²) >= 11 is 0. The lowest BCUT2D eigenvalue weighted by molar-refractivity contribution is -0.147. The Labute approximate surface area is 115 Å². The van der Waals surface area contributed by atoms with Crippen molar-refractivity contribution in [2.75, 3.05) is 13.7 Å². The maximum absolute atomic E-state index is 11.9. The molecule has 1 aliphatic rings. The second-order valence-electron chi connectivity index (χ2n) is 6.56. The Hall–Kier alpha value is -1.26. The number of esters is 1. The summed E-state index contributed by atoms with van der Waals surface area (Å²) < 4.78 is 10.0. The first-order chi connectivity index (χ1) is 8.62. The highest BCUT2D eigenvalue weighted by Gasteiger charge is 2.61. The van der Waals surface area contributed by atoms with Gasteiger partial charge in [0.1, 0.15) is 5.60 Å². The fraction of sp³-hybridized carbons (Fsp3) is 0.857. The minimum atomic E-state index is -0.570. The molecule has 0 unspecified atom stereocenters. The zero-order valence-electron chi connectivity index (χ0n) is 12.7. The van der Waals surface area contributed by atoms with Crippen molar-refractivity contribution in [3.8, 4) is 0 Å². The molecule has 1 rings (SSSR count). The molecule has 19 heavy (non-hydrogen) atoms. The predicted molar refractivity (Wildman–Crippen MR) is 71.6 cm³/mol. The molecule has 1 N–H and O–H groups in total. The van der Waals surface area contributed by atoms with Gasteiger partial charge in [-0.1, -0.05) is 13.8 Å². The van der Waals surface area contributed by atoms with Gasteiger partial charge in [0, 0.05) is 6.54 Å². The first-order valence-electron chi connectivity index (χ1n) is 6.67. The number of hydrogen-bond acceptors (Lipinski definition) is 4. The van der Waals surface area contributed by atoms with Gasteiger partial charge in [-0.2, -0.15) is 0 Å². The smallest absolute Gasteiger partial charge is 0.407 e. The fourth-order valence-corrected chi connectivity index (χ4v) is 2.46. The van der Waals surface area contributed by atoms with E-state index in [2.05, 4.69) is 19.2 Å². The van der Waals surface area contributed by atoms with Crippen LogP contribution in [0.4, 0.5) is 4.79 Å². The lowest BCUT2D eigenvalue weighted by Gasteiger charge is -2.22. The van der Waals surface area contributed by atoms with Crippen molar-refractivity contribution in [3.05, 3.63) is 0 Å². The van der Waals surface area contributed by atoms with Crippen LogP contribution in [-0.4, -0.2) is 31.3 Å². The summed E-state index contributed by atoms with van der Waals surface area (Å²) in [6.45, 7) is 9.83.